The maximum absolute atomic E-state index is 12.4. The van der Waals surface area contributed by atoms with Gasteiger partial charge in [-0.3, -0.25) is 4.79 Å². The third-order valence-corrected chi connectivity index (χ3v) is 5.77. The summed E-state index contributed by atoms with van der Waals surface area (Å²) in [6.45, 7) is 3.72. The number of hydrogen-bond acceptors (Lipinski definition) is 6. The van der Waals surface area contributed by atoms with Crippen LogP contribution in [0.4, 0.5) is 0 Å². The summed E-state index contributed by atoms with van der Waals surface area (Å²) in [5.41, 5.74) is 2.55. The van der Waals surface area contributed by atoms with Gasteiger partial charge in [-0.25, -0.2) is 4.98 Å². The fourth-order valence-electron chi connectivity index (χ4n) is 2.17. The molecule has 0 spiro atoms. The zero-order valence-corrected chi connectivity index (χ0v) is 14.8. The first-order chi connectivity index (χ1) is 11.4. The fourth-order valence-corrected chi connectivity index (χ4v) is 4.01. The number of carbonyl (C=O) groups excluding carboxylic acids is 1. The van der Waals surface area contributed by atoms with E-state index >= 15 is 0 Å². The highest BCUT2D eigenvalue weighted by molar-refractivity contribution is 7.99. The molecule has 1 aliphatic rings. The zero-order chi connectivity index (χ0) is 17.3. The van der Waals surface area contributed by atoms with Crippen molar-refractivity contribution in [3.63, 3.8) is 0 Å². The Morgan fingerprint density at radius 2 is 1.83 bits per heavy atom. The van der Waals surface area contributed by atoms with Gasteiger partial charge in [0.25, 0.3) is 0 Å². The van der Waals surface area contributed by atoms with Gasteiger partial charge < -0.3 is 4.18 Å². The number of hydrogen-bond donors (Lipinski definition) is 0. The first-order valence-electron chi connectivity index (χ1n) is 7.21. The van der Waals surface area contributed by atoms with Gasteiger partial charge in [0.2, 0.25) is 0 Å². The molecule has 1 aromatic heterocycles. The van der Waals surface area contributed by atoms with E-state index in [0.29, 0.717) is 21.9 Å². The molecule has 1 aliphatic heterocycles. The minimum absolute atomic E-state index is 0.0542. The number of ketones is 1. The van der Waals surface area contributed by atoms with Crippen molar-refractivity contribution >= 4 is 27.7 Å². The average molecular weight is 361 g/mol. The van der Waals surface area contributed by atoms with E-state index in [0.717, 1.165) is 17.5 Å². The third kappa shape index (κ3) is 3.37. The van der Waals surface area contributed by atoms with Crippen LogP contribution >= 0.6 is 11.8 Å². The minimum atomic E-state index is -3.94. The Bertz CT molecular complexity index is 932. The number of aromatic nitrogens is 1. The van der Waals surface area contributed by atoms with Crippen molar-refractivity contribution in [3.8, 4) is 0 Å². The van der Waals surface area contributed by atoms with Crippen molar-refractivity contribution in [1.29, 1.82) is 0 Å². The minimum Gasteiger partial charge on any atom is -0.386 e. The Morgan fingerprint density at radius 1 is 1.12 bits per heavy atom. The molecule has 0 saturated carbocycles. The average Bonchev–Trinajstić information content (AvgIpc) is 2.54. The summed E-state index contributed by atoms with van der Waals surface area (Å²) >= 11 is 1.39. The van der Waals surface area contributed by atoms with Gasteiger partial charge in [0.1, 0.15) is 16.2 Å². The number of pyridine rings is 1. The number of aryl methyl sites for hydroxylation is 2. The van der Waals surface area contributed by atoms with Crippen LogP contribution in [0.1, 0.15) is 21.6 Å². The molecule has 124 valence electrons. The molecule has 0 fully saturated rings. The van der Waals surface area contributed by atoms with Gasteiger partial charge >= 0.3 is 10.1 Å². The highest BCUT2D eigenvalue weighted by Gasteiger charge is 2.25. The van der Waals surface area contributed by atoms with E-state index < -0.39 is 10.1 Å². The summed E-state index contributed by atoms with van der Waals surface area (Å²) in [5.74, 6) is 0.0708. The molecule has 0 saturated heterocycles. The van der Waals surface area contributed by atoms with Gasteiger partial charge in [-0.15, -0.1) is 11.8 Å². The lowest BCUT2D eigenvalue weighted by atomic mass is 10.1. The molecular formula is C17H15NO4S2. The maximum Gasteiger partial charge on any atom is 0.338 e. The molecule has 0 unspecified atom stereocenters. The van der Waals surface area contributed by atoms with Gasteiger partial charge in [0, 0.05) is 17.0 Å². The van der Waals surface area contributed by atoms with E-state index in [4.69, 9.17) is 4.18 Å². The van der Waals surface area contributed by atoms with E-state index in [1.54, 1.807) is 24.3 Å². The Kier molecular flexibility index (Phi) is 4.47. The predicted octanol–water partition coefficient (Wildman–Crippen LogP) is 3.28. The fraction of sp³-hybridized carbons (Fsp3) is 0.176. The summed E-state index contributed by atoms with van der Waals surface area (Å²) in [6, 6.07) is 9.79. The smallest absolute Gasteiger partial charge is 0.338 e. The number of rotatable bonds is 3. The van der Waals surface area contributed by atoms with Crippen molar-refractivity contribution in [2.24, 2.45) is 0 Å². The molecule has 24 heavy (non-hydrogen) atoms. The Morgan fingerprint density at radius 3 is 2.54 bits per heavy atom. The summed E-state index contributed by atoms with van der Waals surface area (Å²) in [4.78, 5) is 16.8. The van der Waals surface area contributed by atoms with Crippen LogP contribution in [-0.4, -0.2) is 24.9 Å². The van der Waals surface area contributed by atoms with Gasteiger partial charge in [-0.2, -0.15) is 8.42 Å². The van der Waals surface area contributed by atoms with Crippen LogP contribution in [0, 0.1) is 13.8 Å². The van der Waals surface area contributed by atoms with Crippen LogP contribution in [0.5, 0.6) is 0 Å². The highest BCUT2D eigenvalue weighted by Crippen LogP contribution is 2.31. The molecule has 7 heteroatoms. The molecule has 0 N–H and O–H groups in total. The van der Waals surface area contributed by atoms with Crippen molar-refractivity contribution in [3.05, 3.63) is 65.1 Å². The molecule has 2 heterocycles. The number of benzene rings is 1. The number of nitrogens with zero attached hydrogens (tertiary/aromatic N) is 1. The highest BCUT2D eigenvalue weighted by atomic mass is 32.2. The lowest BCUT2D eigenvalue weighted by Crippen LogP contribution is -2.15. The lowest BCUT2D eigenvalue weighted by Gasteiger charge is -2.16. The second-order valence-electron chi connectivity index (χ2n) is 5.43. The van der Waals surface area contributed by atoms with E-state index in [-0.39, 0.29) is 10.7 Å². The first-order valence-corrected chi connectivity index (χ1v) is 9.60. The van der Waals surface area contributed by atoms with E-state index in [9.17, 15) is 13.2 Å². The van der Waals surface area contributed by atoms with Crippen molar-refractivity contribution in [2.75, 3.05) is 5.75 Å². The summed E-state index contributed by atoms with van der Waals surface area (Å²) in [6.07, 6.45) is 1.04. The van der Waals surface area contributed by atoms with Gasteiger partial charge in [0.05, 0.1) is 5.56 Å². The molecule has 0 radical (unpaired) electrons. The third-order valence-electron chi connectivity index (χ3n) is 3.53. The molecule has 3 rings (SSSR count). The molecule has 1 aromatic carbocycles. The zero-order valence-electron chi connectivity index (χ0n) is 13.1. The lowest BCUT2D eigenvalue weighted by molar-refractivity contribution is 0.102. The molecule has 5 nitrogen and oxygen atoms in total. The van der Waals surface area contributed by atoms with Crippen LogP contribution in [0.15, 0.2) is 58.2 Å². The molecule has 0 atom stereocenters. The largest absolute Gasteiger partial charge is 0.386 e. The monoisotopic (exact) mass is 361 g/mol. The van der Waals surface area contributed by atoms with Crippen LogP contribution in [0.3, 0.4) is 0 Å². The molecular weight excluding hydrogens is 346 g/mol. The second kappa shape index (κ2) is 6.41. The van der Waals surface area contributed by atoms with Gasteiger partial charge in [-0.05, 0) is 38.1 Å². The summed E-state index contributed by atoms with van der Waals surface area (Å²) in [7, 11) is -3.94. The van der Waals surface area contributed by atoms with Crippen molar-refractivity contribution < 1.29 is 17.4 Å². The maximum atomic E-state index is 12.4. The molecule has 2 aromatic rings. The molecule has 0 bridgehead atoms. The SMILES string of the molecule is Cc1ccc(S(=O)(=O)O/C=C2\CSc3nc(C)ccc3C2=O)cc1. The normalized spacial score (nSPS) is 16.1. The van der Waals surface area contributed by atoms with Crippen molar-refractivity contribution in [1.82, 2.24) is 4.98 Å². The number of carbonyl (C=O) groups is 1. The standard InChI is InChI=1S/C17H15NO4S2/c1-11-3-6-14(7-4-11)24(20,21)22-9-13-10-23-17-15(16(13)19)8-5-12(2)18-17/h3-9H,10H2,1-2H3/b13-9+. The van der Waals surface area contributed by atoms with Crippen LogP contribution in [0.2, 0.25) is 0 Å². The van der Waals surface area contributed by atoms with Crippen LogP contribution < -0.4 is 0 Å². The summed E-state index contributed by atoms with van der Waals surface area (Å²) < 4.78 is 29.3. The van der Waals surface area contributed by atoms with Crippen LogP contribution in [-0.2, 0) is 14.3 Å². The Hall–Kier alpha value is -2.12. The first kappa shape index (κ1) is 16.7. The topological polar surface area (TPSA) is 73.3 Å². The Balaban J connectivity index is 1.83. The van der Waals surface area contributed by atoms with Crippen LogP contribution in [0.25, 0.3) is 0 Å². The molecule has 0 aliphatic carbocycles. The van der Waals surface area contributed by atoms with Gasteiger partial charge in [0.15, 0.2) is 5.78 Å². The number of fused-ring (bicyclic) bond motifs is 1. The second-order valence-corrected chi connectivity index (χ2v) is 7.97. The Labute approximate surface area is 144 Å². The van der Waals surface area contributed by atoms with E-state index in [2.05, 4.69) is 4.98 Å². The number of Topliss-reactive ketones (excluding diaryl/α,β-unsaturated/α-hetero) is 1. The van der Waals surface area contributed by atoms with Gasteiger partial charge in [-0.1, -0.05) is 17.7 Å². The quantitative estimate of drug-likeness (QED) is 0.475. The van der Waals surface area contributed by atoms with E-state index in [1.165, 1.54) is 23.9 Å². The predicted molar refractivity (Wildman–Crippen MR) is 91.6 cm³/mol. The van der Waals surface area contributed by atoms with E-state index in [1.807, 2.05) is 13.8 Å². The molecule has 0 amide bonds. The summed E-state index contributed by atoms with van der Waals surface area (Å²) in [5, 5.41) is 0.665. The van der Waals surface area contributed by atoms with Crippen molar-refractivity contribution in [2.45, 2.75) is 23.8 Å². The number of thioether (sulfide) groups is 1.